The fourth-order valence-corrected chi connectivity index (χ4v) is 3.51. The maximum absolute atomic E-state index is 12.4. The first kappa shape index (κ1) is 20.1. The average Bonchev–Trinajstić information content (AvgIpc) is 3.06. The zero-order valence-corrected chi connectivity index (χ0v) is 15.9. The van der Waals surface area contributed by atoms with Gasteiger partial charge < -0.3 is 25.7 Å². The molecule has 2 aliphatic heterocycles. The number of nitrogens with zero attached hydrogens (tertiary/aromatic N) is 2. The average molecular weight is 419 g/mol. The van der Waals surface area contributed by atoms with Crippen LogP contribution in [0.2, 0.25) is 0 Å². The Balaban J connectivity index is 1.65. The van der Waals surface area contributed by atoms with E-state index in [0.717, 1.165) is 6.42 Å². The normalized spacial score (nSPS) is 17.0. The number of anilines is 3. The minimum absolute atomic E-state index is 0.00147. The van der Waals surface area contributed by atoms with E-state index < -0.39 is 6.36 Å². The van der Waals surface area contributed by atoms with Crippen LogP contribution in [0.25, 0.3) is 0 Å². The van der Waals surface area contributed by atoms with Gasteiger partial charge in [-0.3, -0.25) is 4.79 Å². The number of hydrogen-bond acceptors (Lipinski definition) is 6. The van der Waals surface area contributed by atoms with E-state index in [1.54, 1.807) is 17.2 Å². The van der Waals surface area contributed by atoms with Crippen molar-refractivity contribution in [1.29, 1.82) is 5.41 Å². The smallest absolute Gasteiger partial charge is 0.406 e. The first-order valence-corrected chi connectivity index (χ1v) is 9.53. The number of alkyl halides is 3. The molecule has 2 aromatic rings. The third-order valence-corrected chi connectivity index (χ3v) is 5.10. The topological polar surface area (TPSA) is 90.3 Å². The molecular weight excluding hydrogens is 399 g/mol. The highest BCUT2D eigenvalue weighted by Gasteiger charge is 2.32. The van der Waals surface area contributed by atoms with Crippen molar-refractivity contribution in [3.05, 3.63) is 42.1 Å². The molecular formula is C20H20F3N5O2. The van der Waals surface area contributed by atoms with Crippen LogP contribution in [-0.2, 0) is 4.79 Å². The molecule has 4 rings (SSSR count). The Morgan fingerprint density at radius 3 is 2.53 bits per heavy atom. The van der Waals surface area contributed by atoms with Gasteiger partial charge in [0.2, 0.25) is 5.91 Å². The van der Waals surface area contributed by atoms with Crippen molar-refractivity contribution < 1.29 is 22.7 Å². The fourth-order valence-electron chi connectivity index (χ4n) is 3.51. The molecule has 7 nitrogen and oxygen atoms in total. The first-order valence-electron chi connectivity index (χ1n) is 9.53. The van der Waals surface area contributed by atoms with E-state index in [1.165, 1.54) is 24.3 Å². The van der Waals surface area contributed by atoms with Gasteiger partial charge in [-0.25, -0.2) is 4.98 Å². The number of benzene rings is 1. The Morgan fingerprint density at radius 2 is 1.97 bits per heavy atom. The molecule has 0 spiro atoms. The van der Waals surface area contributed by atoms with Gasteiger partial charge in [0.25, 0.3) is 0 Å². The van der Waals surface area contributed by atoms with Crippen molar-refractivity contribution in [2.24, 2.45) is 5.92 Å². The first-order chi connectivity index (χ1) is 14.3. The van der Waals surface area contributed by atoms with Gasteiger partial charge in [0.05, 0.1) is 17.0 Å². The van der Waals surface area contributed by atoms with Crippen LogP contribution in [0.1, 0.15) is 18.4 Å². The maximum Gasteiger partial charge on any atom is 0.573 e. The molecule has 1 amide bonds. The van der Waals surface area contributed by atoms with Gasteiger partial charge in [-0.2, -0.15) is 0 Å². The lowest BCUT2D eigenvalue weighted by atomic mass is 9.91. The minimum Gasteiger partial charge on any atom is -0.406 e. The van der Waals surface area contributed by atoms with Crippen molar-refractivity contribution in [2.45, 2.75) is 19.2 Å². The van der Waals surface area contributed by atoms with E-state index in [4.69, 9.17) is 5.41 Å². The van der Waals surface area contributed by atoms with Crippen LogP contribution in [0.15, 0.2) is 36.5 Å². The number of ether oxygens (including phenoxy) is 1. The summed E-state index contributed by atoms with van der Waals surface area (Å²) in [6, 6.07) is 7.00. The predicted octanol–water partition coefficient (Wildman–Crippen LogP) is 3.44. The molecule has 0 bridgehead atoms. The summed E-state index contributed by atoms with van der Waals surface area (Å²) in [4.78, 5) is 18.3. The summed E-state index contributed by atoms with van der Waals surface area (Å²) in [5.41, 5.74) is 2.03. The summed E-state index contributed by atoms with van der Waals surface area (Å²) in [6.07, 6.45) is -1.99. The fraction of sp³-hybridized carbons (Fsp3) is 0.350. The van der Waals surface area contributed by atoms with Crippen molar-refractivity contribution in [2.75, 3.05) is 29.9 Å². The van der Waals surface area contributed by atoms with E-state index in [-0.39, 0.29) is 17.6 Å². The zero-order chi connectivity index (χ0) is 21.3. The van der Waals surface area contributed by atoms with Crippen LogP contribution in [0.5, 0.6) is 5.75 Å². The van der Waals surface area contributed by atoms with Crippen molar-refractivity contribution >= 4 is 28.8 Å². The third kappa shape index (κ3) is 4.23. The van der Waals surface area contributed by atoms with E-state index in [9.17, 15) is 18.0 Å². The van der Waals surface area contributed by atoms with Gasteiger partial charge >= 0.3 is 6.36 Å². The number of amides is 1. The second kappa shape index (κ2) is 7.94. The highest BCUT2D eigenvalue weighted by Crippen LogP contribution is 2.34. The highest BCUT2D eigenvalue weighted by molar-refractivity contribution is 6.12. The Bertz CT molecular complexity index is 958. The molecule has 2 fully saturated rings. The second-order valence-electron chi connectivity index (χ2n) is 7.17. The number of carbonyl (C=O) groups is 1. The zero-order valence-electron chi connectivity index (χ0n) is 15.9. The molecule has 3 N–H and O–H groups in total. The number of hydrogen-bond donors (Lipinski definition) is 3. The Labute approximate surface area is 170 Å². The summed E-state index contributed by atoms with van der Waals surface area (Å²) in [5.74, 6) is 0.0647. The molecule has 10 heteroatoms. The standard InChI is InChI=1S/C20H20F3N5O2/c21-20(22,23)30-14-5-3-13(4-6-14)27-19-17(18(24)12-10-25-11-12)15(7-8-26-19)28-9-1-2-16(28)29/h3-8,12,24-25H,1-2,9-11H2,(H,26,27). The van der Waals surface area contributed by atoms with Crippen molar-refractivity contribution in [3.8, 4) is 5.75 Å². The quantitative estimate of drug-likeness (QED) is 0.624. The van der Waals surface area contributed by atoms with Gasteiger partial charge in [0, 0.05) is 43.9 Å². The van der Waals surface area contributed by atoms with Gasteiger partial charge in [-0.05, 0) is 36.8 Å². The second-order valence-corrected chi connectivity index (χ2v) is 7.17. The molecule has 1 aromatic heterocycles. The van der Waals surface area contributed by atoms with Crippen LogP contribution >= 0.6 is 0 Å². The van der Waals surface area contributed by atoms with E-state index in [1.807, 2.05) is 0 Å². The van der Waals surface area contributed by atoms with Crippen LogP contribution in [-0.4, -0.2) is 42.6 Å². The van der Waals surface area contributed by atoms with Gasteiger partial charge in [0.15, 0.2) is 0 Å². The molecule has 0 saturated carbocycles. The molecule has 0 aliphatic carbocycles. The van der Waals surface area contributed by atoms with Gasteiger partial charge in [0.1, 0.15) is 11.6 Å². The molecule has 0 radical (unpaired) electrons. The molecule has 0 atom stereocenters. The minimum atomic E-state index is -4.76. The number of pyridine rings is 1. The van der Waals surface area contributed by atoms with Gasteiger partial charge in [-0.1, -0.05) is 0 Å². The molecule has 2 saturated heterocycles. The molecule has 3 heterocycles. The highest BCUT2D eigenvalue weighted by atomic mass is 19.4. The Morgan fingerprint density at radius 1 is 1.23 bits per heavy atom. The molecule has 30 heavy (non-hydrogen) atoms. The summed E-state index contributed by atoms with van der Waals surface area (Å²) in [5, 5.41) is 14.9. The largest absolute Gasteiger partial charge is 0.573 e. The monoisotopic (exact) mass is 419 g/mol. The van der Waals surface area contributed by atoms with Crippen LogP contribution < -0.4 is 20.3 Å². The van der Waals surface area contributed by atoms with E-state index >= 15 is 0 Å². The van der Waals surface area contributed by atoms with Gasteiger partial charge in [-0.15, -0.1) is 13.2 Å². The van der Waals surface area contributed by atoms with Crippen molar-refractivity contribution in [1.82, 2.24) is 10.3 Å². The Kier molecular flexibility index (Phi) is 5.33. The summed E-state index contributed by atoms with van der Waals surface area (Å²) in [7, 11) is 0. The lowest BCUT2D eigenvalue weighted by Gasteiger charge is -2.31. The van der Waals surface area contributed by atoms with Crippen LogP contribution in [0.4, 0.5) is 30.4 Å². The summed E-state index contributed by atoms with van der Waals surface area (Å²) < 4.78 is 41.0. The lowest BCUT2D eigenvalue weighted by Crippen LogP contribution is -2.47. The summed E-state index contributed by atoms with van der Waals surface area (Å²) >= 11 is 0. The number of halogens is 3. The third-order valence-electron chi connectivity index (χ3n) is 5.10. The van der Waals surface area contributed by atoms with Crippen LogP contribution in [0, 0.1) is 11.3 Å². The molecule has 158 valence electrons. The van der Waals surface area contributed by atoms with Crippen molar-refractivity contribution in [3.63, 3.8) is 0 Å². The molecule has 0 unspecified atom stereocenters. The molecule has 2 aliphatic rings. The van der Waals surface area contributed by atoms with Crippen LogP contribution in [0.3, 0.4) is 0 Å². The number of aromatic nitrogens is 1. The Hall–Kier alpha value is -3.14. The number of rotatable bonds is 6. The van der Waals surface area contributed by atoms with E-state index in [2.05, 4.69) is 20.4 Å². The number of carbonyl (C=O) groups excluding carboxylic acids is 1. The summed E-state index contributed by atoms with van der Waals surface area (Å²) in [6.45, 7) is 1.92. The lowest BCUT2D eigenvalue weighted by molar-refractivity contribution is -0.274. The number of nitrogens with one attached hydrogen (secondary N) is 3. The van der Waals surface area contributed by atoms with E-state index in [0.29, 0.717) is 54.5 Å². The SMILES string of the molecule is N=C(c1c(N2CCCC2=O)ccnc1Nc1ccc(OC(F)(F)F)cc1)C1CNC1. The predicted molar refractivity (Wildman–Crippen MR) is 105 cm³/mol. The maximum atomic E-state index is 12.4. The molecule has 1 aromatic carbocycles.